The van der Waals surface area contributed by atoms with Crippen LogP contribution in [0, 0.1) is 6.07 Å². The van der Waals surface area contributed by atoms with Gasteiger partial charge in [0.25, 0.3) is 0 Å². The van der Waals surface area contributed by atoms with Gasteiger partial charge in [0.2, 0.25) is 0 Å². The van der Waals surface area contributed by atoms with Gasteiger partial charge in [-0.2, -0.15) is 0 Å². The van der Waals surface area contributed by atoms with Crippen LogP contribution in [0.4, 0.5) is 0 Å². The van der Waals surface area contributed by atoms with E-state index in [1.165, 1.54) is 11.1 Å². The van der Waals surface area contributed by atoms with E-state index in [4.69, 9.17) is 4.98 Å². The number of hydrogen-bond acceptors (Lipinski definition) is 4. The van der Waals surface area contributed by atoms with E-state index in [-0.39, 0.29) is 32.2 Å². The Bertz CT molecular complexity index is 1900. The van der Waals surface area contributed by atoms with Gasteiger partial charge in [-0.05, 0) is 57.1 Å². The van der Waals surface area contributed by atoms with E-state index < -0.39 is 5.41 Å². The quantitative estimate of drug-likeness (QED) is 0.185. The molecule has 0 fully saturated rings. The van der Waals surface area contributed by atoms with Crippen molar-refractivity contribution in [2.45, 2.75) is 31.6 Å². The Labute approximate surface area is 266 Å². The summed E-state index contributed by atoms with van der Waals surface area (Å²) in [6.45, 7) is 6.33. The maximum absolute atomic E-state index is 11.4. The number of aromatic nitrogens is 3. The van der Waals surface area contributed by atoms with E-state index in [1.807, 2.05) is 42.5 Å². The molecule has 2 aromatic heterocycles. The van der Waals surface area contributed by atoms with Gasteiger partial charge >= 0.3 is 0 Å². The molecule has 7 rings (SSSR count). The number of nitrogens with zero attached hydrogens (tertiary/aromatic N) is 3. The van der Waals surface area contributed by atoms with Crippen LogP contribution in [0.15, 0.2) is 122 Å². The van der Waals surface area contributed by atoms with Gasteiger partial charge in [-0.1, -0.05) is 93.6 Å². The van der Waals surface area contributed by atoms with Gasteiger partial charge in [-0.3, -0.25) is 9.97 Å². The van der Waals surface area contributed by atoms with Crippen molar-refractivity contribution in [3.63, 3.8) is 0 Å². The predicted molar refractivity (Wildman–Crippen MR) is 167 cm³/mol. The molecule has 214 valence electrons. The van der Waals surface area contributed by atoms with Gasteiger partial charge < -0.3 is 5.11 Å². The minimum Gasteiger partial charge on any atom is -0.507 e. The first-order valence-corrected chi connectivity index (χ1v) is 14.2. The molecule has 1 N–H and O–H groups in total. The SMILES string of the molecule is CC(C)(C)c1cccc(-c2cccc(C3(c4[c-]c(-c5ccncn5)ccc4)c4ccccc4-c4ccccc43)n2)c1O.[Pt]. The van der Waals surface area contributed by atoms with Gasteiger partial charge in [0.15, 0.2) is 0 Å². The molecule has 5 heteroatoms. The van der Waals surface area contributed by atoms with Gasteiger partial charge in [0.1, 0.15) is 12.1 Å². The summed E-state index contributed by atoms with van der Waals surface area (Å²) in [7, 11) is 0. The molecule has 1 aliphatic rings. The molecule has 0 aliphatic heterocycles. The van der Waals surface area contributed by atoms with Gasteiger partial charge in [-0.15, -0.1) is 35.4 Å². The number of benzene rings is 4. The minimum absolute atomic E-state index is 0. The molecule has 0 amide bonds. The molecule has 2 heterocycles. The second-order valence-electron chi connectivity index (χ2n) is 11.8. The van der Waals surface area contributed by atoms with Gasteiger partial charge in [-0.25, -0.2) is 4.98 Å². The fraction of sp³-hybridized carbons (Fsp3) is 0.132. The molecule has 1 aliphatic carbocycles. The van der Waals surface area contributed by atoms with Crippen molar-refractivity contribution in [3.05, 3.63) is 156 Å². The zero-order chi connectivity index (χ0) is 28.9. The monoisotopic (exact) mass is 739 g/mol. The summed E-state index contributed by atoms with van der Waals surface area (Å²) in [6.07, 6.45) is 3.32. The number of rotatable bonds is 4. The molecule has 6 aromatic rings. The van der Waals surface area contributed by atoms with Crippen LogP contribution in [0.5, 0.6) is 5.75 Å². The molecule has 0 bridgehead atoms. The third-order valence-corrected chi connectivity index (χ3v) is 8.26. The van der Waals surface area contributed by atoms with E-state index in [2.05, 4.69) is 104 Å². The Morgan fingerprint density at radius 3 is 2.00 bits per heavy atom. The molecule has 0 unspecified atom stereocenters. The second-order valence-corrected chi connectivity index (χ2v) is 11.8. The number of phenolic OH excluding ortho intramolecular Hbond substituents is 1. The van der Waals surface area contributed by atoms with E-state index in [0.29, 0.717) is 0 Å². The van der Waals surface area contributed by atoms with Crippen molar-refractivity contribution in [2.24, 2.45) is 0 Å². The van der Waals surface area contributed by atoms with E-state index in [1.54, 1.807) is 12.5 Å². The van der Waals surface area contributed by atoms with Crippen LogP contribution in [0.25, 0.3) is 33.6 Å². The van der Waals surface area contributed by atoms with Crippen molar-refractivity contribution < 1.29 is 26.2 Å². The molecular formula is C38H30N3OPt-. The van der Waals surface area contributed by atoms with Crippen LogP contribution >= 0.6 is 0 Å². The van der Waals surface area contributed by atoms with E-state index in [9.17, 15) is 5.11 Å². The number of phenols is 1. The molecular weight excluding hydrogens is 710 g/mol. The standard InChI is InChI=1S/C38H30N3O.Pt/c1-37(2,3)32-18-9-15-29(36(32)42)34-19-10-20-35(41-34)38(26-12-8-11-25(23-26)33-21-22-39-24-40-33)30-16-6-4-13-27(30)28-14-5-7-17-31(28)38;/h4-22,24,42H,1-3H3;/q-1;. The molecule has 0 atom stereocenters. The van der Waals surface area contributed by atoms with Crippen LogP contribution in [0.1, 0.15) is 48.7 Å². The summed E-state index contributed by atoms with van der Waals surface area (Å²) in [5.41, 5.74) is 9.61. The van der Waals surface area contributed by atoms with Crippen LogP contribution < -0.4 is 0 Å². The second kappa shape index (κ2) is 11.0. The van der Waals surface area contributed by atoms with Gasteiger partial charge in [0, 0.05) is 32.8 Å². The van der Waals surface area contributed by atoms with E-state index in [0.717, 1.165) is 50.5 Å². The molecule has 4 aromatic carbocycles. The number of para-hydroxylation sites is 1. The molecule has 0 spiro atoms. The average Bonchev–Trinajstić information content (AvgIpc) is 3.32. The van der Waals surface area contributed by atoms with Crippen molar-refractivity contribution >= 4 is 0 Å². The topological polar surface area (TPSA) is 58.9 Å². The molecule has 0 saturated heterocycles. The Morgan fingerprint density at radius 1 is 0.674 bits per heavy atom. The molecule has 0 radical (unpaired) electrons. The Hall–Kier alpha value is -4.40. The summed E-state index contributed by atoms with van der Waals surface area (Å²) in [5.74, 6) is 0.272. The summed E-state index contributed by atoms with van der Waals surface area (Å²) in [4.78, 5) is 14.0. The number of aromatic hydroxyl groups is 1. The Balaban J connectivity index is 0.00000329. The summed E-state index contributed by atoms with van der Waals surface area (Å²) < 4.78 is 0. The van der Waals surface area contributed by atoms with Crippen LogP contribution in [0.3, 0.4) is 0 Å². The fourth-order valence-electron chi connectivity index (χ4n) is 6.38. The maximum atomic E-state index is 11.4. The summed E-state index contributed by atoms with van der Waals surface area (Å²) in [5, 5.41) is 11.4. The van der Waals surface area contributed by atoms with Crippen molar-refractivity contribution in [3.8, 4) is 39.4 Å². The first-order chi connectivity index (χ1) is 20.4. The third-order valence-electron chi connectivity index (χ3n) is 8.26. The maximum Gasteiger partial charge on any atom is 0.128 e. The molecule has 4 nitrogen and oxygen atoms in total. The van der Waals surface area contributed by atoms with Crippen LogP contribution in [-0.2, 0) is 31.9 Å². The summed E-state index contributed by atoms with van der Waals surface area (Å²) in [6, 6.07) is 41.1. The number of hydrogen-bond donors (Lipinski definition) is 1. The molecule has 0 saturated carbocycles. The van der Waals surface area contributed by atoms with Crippen molar-refractivity contribution in [1.29, 1.82) is 0 Å². The van der Waals surface area contributed by atoms with E-state index >= 15 is 0 Å². The van der Waals surface area contributed by atoms with Crippen LogP contribution in [-0.4, -0.2) is 20.1 Å². The van der Waals surface area contributed by atoms with Gasteiger partial charge in [0.05, 0.1) is 16.8 Å². The number of pyridine rings is 1. The third kappa shape index (κ3) is 4.62. The smallest absolute Gasteiger partial charge is 0.128 e. The van der Waals surface area contributed by atoms with Crippen LogP contribution in [0.2, 0.25) is 0 Å². The minimum atomic E-state index is -0.733. The van der Waals surface area contributed by atoms with Crippen molar-refractivity contribution in [1.82, 2.24) is 15.0 Å². The Morgan fingerprint density at radius 2 is 1.33 bits per heavy atom. The fourth-order valence-corrected chi connectivity index (χ4v) is 6.38. The average molecular weight is 740 g/mol. The zero-order valence-electron chi connectivity index (χ0n) is 24.2. The predicted octanol–water partition coefficient (Wildman–Crippen LogP) is 8.37. The summed E-state index contributed by atoms with van der Waals surface area (Å²) >= 11 is 0. The molecule has 43 heavy (non-hydrogen) atoms. The normalized spacial score (nSPS) is 13.1. The largest absolute Gasteiger partial charge is 0.507 e. The van der Waals surface area contributed by atoms with Crippen molar-refractivity contribution in [2.75, 3.05) is 0 Å². The zero-order valence-corrected chi connectivity index (χ0v) is 26.4. The first-order valence-electron chi connectivity index (χ1n) is 14.2. The first kappa shape index (κ1) is 28.7. The Kier molecular flexibility index (Phi) is 7.36. The number of fused-ring (bicyclic) bond motifs is 3.